The van der Waals surface area contributed by atoms with Gasteiger partial charge in [-0.15, -0.1) is 0 Å². The summed E-state index contributed by atoms with van der Waals surface area (Å²) in [6.45, 7) is 1.04. The Bertz CT molecular complexity index is 557. The van der Waals surface area contributed by atoms with Crippen molar-refractivity contribution in [2.75, 3.05) is 27.8 Å². The first-order valence-electron chi connectivity index (χ1n) is 7.41. The molecule has 4 nitrogen and oxygen atoms in total. The summed E-state index contributed by atoms with van der Waals surface area (Å²) in [7, 11) is 5.45. The Hall–Kier alpha value is -1.52. The van der Waals surface area contributed by atoms with Gasteiger partial charge in [-0.05, 0) is 44.1 Å². The molecule has 2 aliphatic rings. The Kier molecular flexibility index (Phi) is 3.68. The highest BCUT2D eigenvalue weighted by atomic mass is 16.5. The Morgan fingerprint density at radius 2 is 2.00 bits per heavy atom. The highest BCUT2D eigenvalue weighted by molar-refractivity contribution is 5.48. The van der Waals surface area contributed by atoms with Crippen molar-refractivity contribution in [3.8, 4) is 11.5 Å². The van der Waals surface area contributed by atoms with Crippen molar-refractivity contribution in [1.29, 1.82) is 0 Å². The first-order valence-corrected chi connectivity index (χ1v) is 7.41. The number of hydrogen-bond acceptors (Lipinski definition) is 4. The zero-order chi connectivity index (χ0) is 15.0. The number of hydrogen-bond donors (Lipinski definition) is 1. The maximum Gasteiger partial charge on any atom is 0.161 e. The number of methoxy groups -OCH3 is 2. The van der Waals surface area contributed by atoms with Crippen LogP contribution in [0, 0.1) is 0 Å². The Morgan fingerprint density at radius 1 is 1.24 bits per heavy atom. The van der Waals surface area contributed by atoms with Gasteiger partial charge in [-0.2, -0.15) is 0 Å². The Morgan fingerprint density at radius 3 is 2.71 bits per heavy atom. The molecule has 1 aromatic rings. The van der Waals surface area contributed by atoms with Crippen LogP contribution in [0.3, 0.4) is 0 Å². The molecule has 3 atom stereocenters. The van der Waals surface area contributed by atoms with Crippen molar-refractivity contribution in [3.05, 3.63) is 35.9 Å². The highest BCUT2D eigenvalue weighted by Gasteiger charge is 2.48. The van der Waals surface area contributed by atoms with Gasteiger partial charge in [0.25, 0.3) is 0 Å². The van der Waals surface area contributed by atoms with E-state index in [1.54, 1.807) is 14.2 Å². The fourth-order valence-corrected chi connectivity index (χ4v) is 3.81. The number of fused-ring (bicyclic) bond motifs is 1. The van der Waals surface area contributed by atoms with Crippen molar-refractivity contribution < 1.29 is 14.6 Å². The maximum atomic E-state index is 9.96. The quantitative estimate of drug-likeness (QED) is 0.864. The first kappa shape index (κ1) is 14.4. The van der Waals surface area contributed by atoms with Crippen LogP contribution in [0.4, 0.5) is 0 Å². The van der Waals surface area contributed by atoms with Crippen LogP contribution in [-0.2, 0) is 5.41 Å². The van der Waals surface area contributed by atoms with Gasteiger partial charge in [-0.1, -0.05) is 18.2 Å². The third-order valence-corrected chi connectivity index (χ3v) is 5.01. The van der Waals surface area contributed by atoms with Crippen molar-refractivity contribution in [2.24, 2.45) is 0 Å². The van der Waals surface area contributed by atoms with Crippen LogP contribution in [0.2, 0.25) is 0 Å². The smallest absolute Gasteiger partial charge is 0.161 e. The third kappa shape index (κ3) is 2.23. The van der Waals surface area contributed by atoms with Crippen molar-refractivity contribution in [2.45, 2.75) is 30.4 Å². The van der Waals surface area contributed by atoms with Crippen molar-refractivity contribution in [3.63, 3.8) is 0 Å². The average molecular weight is 289 g/mol. The summed E-state index contributed by atoms with van der Waals surface area (Å²) in [5, 5.41) is 9.96. The molecule has 0 radical (unpaired) electrons. The van der Waals surface area contributed by atoms with E-state index in [0.717, 1.165) is 30.9 Å². The van der Waals surface area contributed by atoms with Gasteiger partial charge in [0.1, 0.15) is 0 Å². The first-order chi connectivity index (χ1) is 10.1. The SMILES string of the molecule is COc1ccc(C23C=CC(O)CC2N(C)CC3)cc1OC. The van der Waals surface area contributed by atoms with Crippen LogP contribution in [0.5, 0.6) is 11.5 Å². The summed E-state index contributed by atoms with van der Waals surface area (Å²) in [5.74, 6) is 1.51. The summed E-state index contributed by atoms with van der Waals surface area (Å²) in [6.07, 6.45) is 5.63. The minimum Gasteiger partial charge on any atom is -0.493 e. The zero-order valence-electron chi connectivity index (χ0n) is 12.9. The van der Waals surface area contributed by atoms with E-state index in [2.05, 4.69) is 30.2 Å². The number of aliphatic hydroxyl groups is 1. The molecule has 0 bridgehead atoms. The van der Waals surface area contributed by atoms with Gasteiger partial charge < -0.3 is 19.5 Å². The molecule has 0 amide bonds. The minimum absolute atomic E-state index is 0.0342. The highest BCUT2D eigenvalue weighted by Crippen LogP contribution is 2.46. The van der Waals surface area contributed by atoms with E-state index >= 15 is 0 Å². The second-order valence-corrected chi connectivity index (χ2v) is 6.02. The lowest BCUT2D eigenvalue weighted by molar-refractivity contribution is 0.137. The van der Waals surface area contributed by atoms with Crippen LogP contribution < -0.4 is 9.47 Å². The average Bonchev–Trinajstić information content (AvgIpc) is 2.85. The van der Waals surface area contributed by atoms with Crippen LogP contribution in [0.25, 0.3) is 0 Å². The van der Waals surface area contributed by atoms with E-state index < -0.39 is 0 Å². The van der Waals surface area contributed by atoms with Gasteiger partial charge in [-0.25, -0.2) is 0 Å². The van der Waals surface area contributed by atoms with E-state index in [1.165, 1.54) is 5.56 Å². The van der Waals surface area contributed by atoms with Crippen LogP contribution in [0.15, 0.2) is 30.4 Å². The van der Waals surface area contributed by atoms with Gasteiger partial charge in [0, 0.05) is 11.5 Å². The predicted octanol–water partition coefficient (Wildman–Crippen LogP) is 1.97. The molecule has 1 heterocycles. The molecule has 1 fully saturated rings. The molecule has 21 heavy (non-hydrogen) atoms. The molecular formula is C17H23NO3. The zero-order valence-corrected chi connectivity index (χ0v) is 12.9. The summed E-state index contributed by atoms with van der Waals surface area (Å²) < 4.78 is 10.8. The monoisotopic (exact) mass is 289 g/mol. The fraction of sp³-hybridized carbons (Fsp3) is 0.529. The van der Waals surface area contributed by atoms with Crippen LogP contribution in [0.1, 0.15) is 18.4 Å². The molecule has 114 valence electrons. The molecule has 0 saturated carbocycles. The topological polar surface area (TPSA) is 41.9 Å². The number of rotatable bonds is 3. The summed E-state index contributed by atoms with van der Waals surface area (Å²) in [5.41, 5.74) is 1.20. The predicted molar refractivity (Wildman–Crippen MR) is 82.0 cm³/mol. The lowest BCUT2D eigenvalue weighted by Gasteiger charge is -2.39. The molecule has 3 unspecified atom stereocenters. The van der Waals surface area contributed by atoms with E-state index in [1.807, 2.05) is 12.1 Å². The van der Waals surface area contributed by atoms with Gasteiger partial charge in [0.2, 0.25) is 0 Å². The number of likely N-dealkylation sites (tertiary alicyclic amines) is 1. The summed E-state index contributed by atoms with van der Waals surface area (Å²) in [4.78, 5) is 2.35. The minimum atomic E-state index is -0.344. The molecule has 1 aliphatic carbocycles. The van der Waals surface area contributed by atoms with Gasteiger partial charge >= 0.3 is 0 Å². The number of likely N-dealkylation sites (N-methyl/N-ethyl adjacent to an activating group) is 1. The fourth-order valence-electron chi connectivity index (χ4n) is 3.81. The molecule has 1 N–H and O–H groups in total. The lowest BCUT2D eigenvalue weighted by Crippen LogP contribution is -2.44. The third-order valence-electron chi connectivity index (χ3n) is 5.01. The van der Waals surface area contributed by atoms with Gasteiger partial charge in [0.15, 0.2) is 11.5 Å². The standard InChI is InChI=1S/C17H23NO3/c1-18-9-8-17(7-6-13(19)11-16(17)18)12-4-5-14(20-2)15(10-12)21-3/h4-7,10,13,16,19H,8-9,11H2,1-3H3. The van der Waals surface area contributed by atoms with E-state index in [0.29, 0.717) is 6.04 Å². The lowest BCUT2D eigenvalue weighted by atomic mass is 9.69. The van der Waals surface area contributed by atoms with Crippen molar-refractivity contribution >= 4 is 0 Å². The van der Waals surface area contributed by atoms with Gasteiger partial charge in [-0.3, -0.25) is 0 Å². The summed E-state index contributed by atoms with van der Waals surface area (Å²) >= 11 is 0. The Balaban J connectivity index is 2.07. The van der Waals surface area contributed by atoms with E-state index in [4.69, 9.17) is 9.47 Å². The van der Waals surface area contributed by atoms with Gasteiger partial charge in [0.05, 0.1) is 20.3 Å². The van der Waals surface area contributed by atoms with E-state index in [9.17, 15) is 5.11 Å². The number of benzene rings is 1. The molecule has 0 aromatic heterocycles. The second kappa shape index (κ2) is 5.35. The molecule has 4 heteroatoms. The number of ether oxygens (including phenoxy) is 2. The molecule has 1 aliphatic heterocycles. The molecule has 3 rings (SSSR count). The van der Waals surface area contributed by atoms with Crippen LogP contribution in [-0.4, -0.2) is 50.0 Å². The summed E-state index contributed by atoms with van der Waals surface area (Å²) in [6, 6.07) is 6.50. The Labute approximate surface area is 126 Å². The normalized spacial score (nSPS) is 32.0. The van der Waals surface area contributed by atoms with Crippen LogP contribution >= 0.6 is 0 Å². The maximum absolute atomic E-state index is 9.96. The molecule has 0 spiro atoms. The molecule has 1 saturated heterocycles. The number of aliphatic hydroxyl groups excluding tert-OH is 1. The van der Waals surface area contributed by atoms with Crippen molar-refractivity contribution in [1.82, 2.24) is 4.90 Å². The number of nitrogens with zero attached hydrogens (tertiary/aromatic N) is 1. The largest absolute Gasteiger partial charge is 0.493 e. The second-order valence-electron chi connectivity index (χ2n) is 6.02. The van der Waals surface area contributed by atoms with E-state index in [-0.39, 0.29) is 11.5 Å². The molecule has 1 aromatic carbocycles. The molecular weight excluding hydrogens is 266 g/mol.